The van der Waals surface area contributed by atoms with Crippen LogP contribution in [-0.2, 0) is 5.41 Å². The number of aromatic nitrogens is 2. The van der Waals surface area contributed by atoms with E-state index in [1.165, 1.54) is 13.2 Å². The van der Waals surface area contributed by atoms with Gasteiger partial charge in [-0.15, -0.1) is 0 Å². The number of rotatable bonds is 2. The highest BCUT2D eigenvalue weighted by Crippen LogP contribution is 2.43. The Balaban J connectivity index is 2.03. The summed E-state index contributed by atoms with van der Waals surface area (Å²) < 4.78 is 5.20. The molecule has 0 unspecified atom stereocenters. The van der Waals surface area contributed by atoms with Crippen molar-refractivity contribution in [2.24, 2.45) is 0 Å². The Morgan fingerprint density at radius 1 is 1.24 bits per heavy atom. The number of aromatic amines is 1. The molecule has 2 aromatic heterocycles. The minimum absolute atomic E-state index is 0.117. The molecule has 126 valence electrons. The molecule has 25 heavy (non-hydrogen) atoms. The van der Waals surface area contributed by atoms with Gasteiger partial charge in [-0.2, -0.15) is 0 Å². The van der Waals surface area contributed by atoms with Crippen molar-refractivity contribution in [3.8, 4) is 5.88 Å². The third kappa shape index (κ3) is 2.00. The lowest BCUT2D eigenvalue weighted by Gasteiger charge is -2.30. The number of H-pyrrole nitrogens is 1. The smallest absolute Gasteiger partial charge is 0.335 e. The lowest BCUT2D eigenvalue weighted by Crippen LogP contribution is -2.31. The summed E-state index contributed by atoms with van der Waals surface area (Å²) in [6, 6.07) is 8.16. The van der Waals surface area contributed by atoms with Crippen molar-refractivity contribution in [2.75, 3.05) is 7.11 Å². The van der Waals surface area contributed by atoms with Crippen molar-refractivity contribution in [3.63, 3.8) is 0 Å². The van der Waals surface area contributed by atoms with Crippen LogP contribution in [0.4, 0.5) is 0 Å². The fraction of sp³-hybridized carbons (Fsp3) is 0.211. The number of fused-ring (bicyclic) bond motifs is 4. The highest BCUT2D eigenvalue weighted by molar-refractivity contribution is 6.20. The second-order valence-corrected chi connectivity index (χ2v) is 6.64. The second-order valence-electron chi connectivity index (χ2n) is 6.64. The van der Waals surface area contributed by atoms with E-state index in [9.17, 15) is 14.7 Å². The van der Waals surface area contributed by atoms with Crippen LogP contribution in [0, 0.1) is 0 Å². The van der Waals surface area contributed by atoms with Crippen LogP contribution in [-0.4, -0.2) is 33.9 Å². The summed E-state index contributed by atoms with van der Waals surface area (Å²) in [4.78, 5) is 32.0. The molecule has 1 aliphatic carbocycles. The molecule has 6 nitrogen and oxygen atoms in total. The first kappa shape index (κ1) is 15.4. The molecule has 0 amide bonds. The van der Waals surface area contributed by atoms with Crippen molar-refractivity contribution in [3.05, 3.63) is 58.4 Å². The summed E-state index contributed by atoms with van der Waals surface area (Å²) in [5.74, 6) is -0.670. The maximum atomic E-state index is 13.1. The van der Waals surface area contributed by atoms with Crippen LogP contribution in [0.1, 0.15) is 51.5 Å². The number of hydrogen-bond acceptors (Lipinski definition) is 4. The number of carbonyl (C=O) groups excluding carboxylic acids is 1. The zero-order valence-electron chi connectivity index (χ0n) is 14.0. The zero-order valence-corrected chi connectivity index (χ0v) is 14.0. The first-order valence-corrected chi connectivity index (χ1v) is 7.84. The Hall–Kier alpha value is -3.15. The van der Waals surface area contributed by atoms with Gasteiger partial charge in [0.25, 0.3) is 0 Å². The van der Waals surface area contributed by atoms with E-state index >= 15 is 0 Å². The van der Waals surface area contributed by atoms with Crippen molar-refractivity contribution in [2.45, 2.75) is 19.3 Å². The number of aromatic carboxylic acids is 1. The molecule has 0 spiro atoms. The summed E-state index contributed by atoms with van der Waals surface area (Å²) in [6.45, 7) is 3.97. The molecule has 6 heteroatoms. The quantitative estimate of drug-likeness (QED) is 0.750. The Morgan fingerprint density at radius 2 is 2.00 bits per heavy atom. The molecule has 0 bridgehead atoms. The third-order valence-corrected chi connectivity index (χ3v) is 4.81. The van der Waals surface area contributed by atoms with Crippen LogP contribution in [0.5, 0.6) is 5.88 Å². The summed E-state index contributed by atoms with van der Waals surface area (Å²) in [7, 11) is 1.54. The molecule has 0 radical (unpaired) electrons. The van der Waals surface area contributed by atoms with Gasteiger partial charge in [-0.05, 0) is 32.0 Å². The van der Waals surface area contributed by atoms with Crippen molar-refractivity contribution in [1.29, 1.82) is 0 Å². The summed E-state index contributed by atoms with van der Waals surface area (Å²) in [6.07, 6.45) is 0. The molecule has 0 saturated carbocycles. The minimum atomic E-state index is -1.00. The van der Waals surface area contributed by atoms with Gasteiger partial charge in [0, 0.05) is 33.6 Å². The van der Waals surface area contributed by atoms with Crippen LogP contribution in [0.25, 0.3) is 10.9 Å². The van der Waals surface area contributed by atoms with Crippen LogP contribution in [0.3, 0.4) is 0 Å². The molecule has 3 aromatic rings. The highest BCUT2D eigenvalue weighted by atomic mass is 16.5. The average molecular weight is 336 g/mol. The normalized spacial score (nSPS) is 14.9. The lowest BCUT2D eigenvalue weighted by molar-refractivity contribution is 0.0697. The monoisotopic (exact) mass is 336 g/mol. The SMILES string of the molecule is COc1ccc2c(n1)C(C)(C)c1[nH]c3cc(C(=O)O)ccc3c1C2=O. The molecule has 2 N–H and O–H groups in total. The number of ether oxygens (including phenoxy) is 1. The summed E-state index contributed by atoms with van der Waals surface area (Å²) >= 11 is 0. The van der Waals surface area contributed by atoms with Gasteiger partial charge in [0.2, 0.25) is 5.88 Å². The first-order valence-electron chi connectivity index (χ1n) is 7.84. The number of carboxylic acids is 1. The third-order valence-electron chi connectivity index (χ3n) is 4.81. The highest BCUT2D eigenvalue weighted by Gasteiger charge is 2.41. The van der Waals surface area contributed by atoms with Crippen LogP contribution >= 0.6 is 0 Å². The van der Waals surface area contributed by atoms with Crippen molar-refractivity contribution < 1.29 is 19.4 Å². The van der Waals surface area contributed by atoms with E-state index in [0.717, 1.165) is 11.1 Å². The van der Waals surface area contributed by atoms with Crippen LogP contribution < -0.4 is 4.74 Å². The Labute approximate surface area is 143 Å². The number of carbonyl (C=O) groups is 2. The standard InChI is InChI=1S/C19H16N2O4/c1-19(2)16-11(6-7-13(21-16)25-3)15(22)14-10-5-4-9(18(23)24)8-12(10)20-17(14)19/h4-8,20H,1-3H3,(H,23,24). The van der Waals surface area contributed by atoms with E-state index in [0.29, 0.717) is 28.2 Å². The maximum absolute atomic E-state index is 13.1. The number of nitrogens with one attached hydrogen (secondary N) is 1. The number of methoxy groups -OCH3 is 1. The molecule has 0 atom stereocenters. The number of nitrogens with zero attached hydrogens (tertiary/aromatic N) is 1. The van der Waals surface area contributed by atoms with Crippen molar-refractivity contribution >= 4 is 22.7 Å². The maximum Gasteiger partial charge on any atom is 0.335 e. The Morgan fingerprint density at radius 3 is 2.68 bits per heavy atom. The summed E-state index contributed by atoms with van der Waals surface area (Å²) in [5, 5.41) is 9.92. The molecule has 4 rings (SSSR count). The minimum Gasteiger partial charge on any atom is -0.481 e. The Kier molecular flexibility index (Phi) is 3.03. The molecule has 0 saturated heterocycles. The van der Waals surface area contributed by atoms with Gasteiger partial charge in [0.05, 0.1) is 23.9 Å². The number of benzene rings is 1. The number of pyridine rings is 1. The predicted octanol–water partition coefficient (Wildman–Crippen LogP) is 3.14. The van der Waals surface area contributed by atoms with E-state index in [-0.39, 0.29) is 11.3 Å². The summed E-state index contributed by atoms with van der Waals surface area (Å²) in [5.41, 5.74) is 2.77. The number of ketones is 1. The van der Waals surface area contributed by atoms with E-state index in [2.05, 4.69) is 9.97 Å². The topological polar surface area (TPSA) is 92.3 Å². The number of hydrogen-bond donors (Lipinski definition) is 2. The van der Waals surface area contributed by atoms with Crippen LogP contribution in [0.15, 0.2) is 30.3 Å². The second kappa shape index (κ2) is 4.92. The molecular formula is C19H16N2O4. The van der Waals surface area contributed by atoms with Gasteiger partial charge >= 0.3 is 5.97 Å². The molecule has 0 fully saturated rings. The molecule has 1 aliphatic rings. The van der Waals surface area contributed by atoms with Gasteiger partial charge in [-0.3, -0.25) is 4.79 Å². The van der Waals surface area contributed by atoms with E-state index in [1.54, 1.807) is 24.3 Å². The van der Waals surface area contributed by atoms with Gasteiger partial charge in [-0.1, -0.05) is 6.07 Å². The van der Waals surface area contributed by atoms with Gasteiger partial charge in [0.15, 0.2) is 5.78 Å². The van der Waals surface area contributed by atoms with Crippen molar-refractivity contribution in [1.82, 2.24) is 9.97 Å². The van der Waals surface area contributed by atoms with Gasteiger partial charge in [-0.25, -0.2) is 9.78 Å². The first-order chi connectivity index (χ1) is 11.8. The number of carboxylic acid groups (broad SMARTS) is 1. The molecule has 2 heterocycles. The van der Waals surface area contributed by atoms with E-state index in [1.807, 2.05) is 13.8 Å². The van der Waals surface area contributed by atoms with Gasteiger partial charge in [0.1, 0.15) is 0 Å². The Bertz CT molecular complexity index is 1060. The van der Waals surface area contributed by atoms with E-state index < -0.39 is 11.4 Å². The van der Waals surface area contributed by atoms with E-state index in [4.69, 9.17) is 4.74 Å². The molecule has 1 aromatic carbocycles. The largest absolute Gasteiger partial charge is 0.481 e. The van der Waals surface area contributed by atoms with Crippen LogP contribution in [0.2, 0.25) is 0 Å². The molecular weight excluding hydrogens is 320 g/mol. The zero-order chi connectivity index (χ0) is 17.9. The average Bonchev–Trinajstić information content (AvgIpc) is 2.99. The fourth-order valence-corrected chi connectivity index (χ4v) is 3.50. The predicted molar refractivity (Wildman–Crippen MR) is 91.6 cm³/mol. The fourth-order valence-electron chi connectivity index (χ4n) is 3.50. The molecule has 0 aliphatic heterocycles. The van der Waals surface area contributed by atoms with Gasteiger partial charge < -0.3 is 14.8 Å². The lowest BCUT2D eigenvalue weighted by atomic mass is 9.74.